The average molecular weight is 452 g/mol. The molecule has 0 saturated heterocycles. The second-order valence-electron chi connectivity index (χ2n) is 7.61. The maximum Gasteiger partial charge on any atom is 0.238 e. The Hall–Kier alpha value is -4.00. The van der Waals surface area contributed by atoms with E-state index < -0.39 is 10.0 Å². The van der Waals surface area contributed by atoms with Crippen molar-refractivity contribution in [3.8, 4) is 16.9 Å². The summed E-state index contributed by atoms with van der Waals surface area (Å²) in [6.45, 7) is 0. The lowest BCUT2D eigenvalue weighted by Gasteiger charge is -2.12. The van der Waals surface area contributed by atoms with Gasteiger partial charge in [0.2, 0.25) is 10.0 Å². The third-order valence-electron chi connectivity index (χ3n) is 5.48. The first-order valence-corrected chi connectivity index (χ1v) is 12.0. The third kappa shape index (κ3) is 4.09. The van der Waals surface area contributed by atoms with Gasteiger partial charge in [0.1, 0.15) is 0 Å². The number of nitrogens with two attached hydrogens (primary N) is 1. The number of sulfonamides is 1. The normalized spacial score (nSPS) is 11.9. The van der Waals surface area contributed by atoms with Gasteiger partial charge in [-0.25, -0.2) is 13.6 Å². The standard InChI is InChI=1S/C27H21N3O2S/c28-33(31,32)23-17-15-21(16-18-23)29-19-25-24-13-7-8-14-26(24)30(22-11-5-2-6-12-22)27(25)20-9-3-1-4-10-20/h1-19H,(H2,28,31,32). The van der Waals surface area contributed by atoms with Crippen LogP contribution in [0.4, 0.5) is 5.69 Å². The number of primary sulfonamides is 1. The molecular weight excluding hydrogens is 430 g/mol. The molecule has 1 heterocycles. The van der Waals surface area contributed by atoms with Crippen molar-refractivity contribution in [2.24, 2.45) is 10.1 Å². The first-order valence-electron chi connectivity index (χ1n) is 10.4. The Labute approximate surface area is 192 Å². The number of rotatable bonds is 5. The van der Waals surface area contributed by atoms with E-state index in [1.807, 2.05) is 54.7 Å². The zero-order chi connectivity index (χ0) is 22.8. The van der Waals surface area contributed by atoms with Gasteiger partial charge in [-0.3, -0.25) is 4.99 Å². The fraction of sp³-hybridized carbons (Fsp3) is 0. The number of fused-ring (bicyclic) bond motifs is 1. The molecule has 0 amide bonds. The highest BCUT2D eigenvalue weighted by Gasteiger charge is 2.18. The summed E-state index contributed by atoms with van der Waals surface area (Å²) in [4.78, 5) is 4.73. The van der Waals surface area contributed by atoms with Crippen LogP contribution in [0.15, 0.2) is 119 Å². The van der Waals surface area contributed by atoms with Crippen LogP contribution in [0.3, 0.4) is 0 Å². The Morgan fingerprint density at radius 1 is 0.727 bits per heavy atom. The summed E-state index contributed by atoms with van der Waals surface area (Å²) < 4.78 is 25.3. The molecule has 0 saturated carbocycles. The fourth-order valence-electron chi connectivity index (χ4n) is 3.98. The molecule has 5 nitrogen and oxygen atoms in total. The zero-order valence-electron chi connectivity index (χ0n) is 17.7. The molecule has 4 aromatic carbocycles. The SMILES string of the molecule is NS(=O)(=O)c1ccc(N=Cc2c(-c3ccccc3)n(-c3ccccc3)c3ccccc23)cc1. The summed E-state index contributed by atoms with van der Waals surface area (Å²) in [5.74, 6) is 0. The lowest BCUT2D eigenvalue weighted by Crippen LogP contribution is -2.11. The van der Waals surface area contributed by atoms with E-state index in [4.69, 9.17) is 5.14 Å². The number of para-hydroxylation sites is 2. The summed E-state index contributed by atoms with van der Waals surface area (Å²) in [6.07, 6.45) is 1.84. The maximum atomic E-state index is 11.5. The Kier molecular flexibility index (Phi) is 5.38. The van der Waals surface area contributed by atoms with Crippen molar-refractivity contribution in [2.75, 3.05) is 0 Å². The molecule has 0 radical (unpaired) electrons. The molecule has 0 aliphatic heterocycles. The second-order valence-corrected chi connectivity index (χ2v) is 9.17. The number of aliphatic imine (C=N–C) groups is 1. The average Bonchev–Trinajstić information content (AvgIpc) is 3.18. The van der Waals surface area contributed by atoms with E-state index >= 15 is 0 Å². The number of hydrogen-bond donors (Lipinski definition) is 1. The van der Waals surface area contributed by atoms with E-state index in [2.05, 4.69) is 46.0 Å². The number of hydrogen-bond acceptors (Lipinski definition) is 3. The Morgan fingerprint density at radius 2 is 1.33 bits per heavy atom. The van der Waals surface area contributed by atoms with Crippen molar-refractivity contribution < 1.29 is 8.42 Å². The smallest absolute Gasteiger partial charge is 0.238 e. The quantitative estimate of drug-likeness (QED) is 0.348. The molecular formula is C27H21N3O2S. The van der Waals surface area contributed by atoms with Crippen LogP contribution in [0.25, 0.3) is 27.8 Å². The fourth-order valence-corrected chi connectivity index (χ4v) is 4.50. The van der Waals surface area contributed by atoms with Crippen LogP contribution in [0.2, 0.25) is 0 Å². The summed E-state index contributed by atoms with van der Waals surface area (Å²) in [6, 6.07) is 34.9. The molecule has 162 valence electrons. The Morgan fingerprint density at radius 3 is 2.00 bits per heavy atom. The van der Waals surface area contributed by atoms with E-state index in [0.717, 1.165) is 33.4 Å². The van der Waals surface area contributed by atoms with Gasteiger partial charge in [0, 0.05) is 22.9 Å². The van der Waals surface area contributed by atoms with Gasteiger partial charge in [0.05, 0.1) is 21.8 Å². The molecule has 0 spiro atoms. The third-order valence-corrected chi connectivity index (χ3v) is 6.41. The van der Waals surface area contributed by atoms with Gasteiger partial charge in [-0.05, 0) is 48.0 Å². The van der Waals surface area contributed by atoms with Crippen LogP contribution in [0.5, 0.6) is 0 Å². The van der Waals surface area contributed by atoms with Crippen molar-refractivity contribution in [2.45, 2.75) is 4.90 Å². The van der Waals surface area contributed by atoms with Crippen LogP contribution in [0, 0.1) is 0 Å². The molecule has 6 heteroatoms. The van der Waals surface area contributed by atoms with E-state index in [-0.39, 0.29) is 4.90 Å². The number of benzene rings is 4. The lowest BCUT2D eigenvalue weighted by atomic mass is 10.1. The maximum absolute atomic E-state index is 11.5. The summed E-state index contributed by atoms with van der Waals surface area (Å²) in [7, 11) is -3.74. The first-order chi connectivity index (χ1) is 16.0. The van der Waals surface area contributed by atoms with Crippen LogP contribution in [-0.4, -0.2) is 19.2 Å². The molecule has 33 heavy (non-hydrogen) atoms. The monoisotopic (exact) mass is 451 g/mol. The first kappa shape index (κ1) is 20.9. The largest absolute Gasteiger partial charge is 0.309 e. The minimum Gasteiger partial charge on any atom is -0.309 e. The van der Waals surface area contributed by atoms with Gasteiger partial charge >= 0.3 is 0 Å². The molecule has 0 bridgehead atoms. The van der Waals surface area contributed by atoms with Crippen LogP contribution >= 0.6 is 0 Å². The minimum atomic E-state index is -3.74. The highest BCUT2D eigenvalue weighted by atomic mass is 32.2. The molecule has 0 atom stereocenters. The van der Waals surface area contributed by atoms with Gasteiger partial charge in [0.15, 0.2) is 0 Å². The van der Waals surface area contributed by atoms with Gasteiger partial charge < -0.3 is 4.57 Å². The summed E-state index contributed by atoms with van der Waals surface area (Å²) in [5.41, 5.74) is 5.86. The Balaban J connectivity index is 1.73. The van der Waals surface area contributed by atoms with Crippen molar-refractivity contribution in [3.63, 3.8) is 0 Å². The minimum absolute atomic E-state index is 0.0621. The molecule has 0 aliphatic carbocycles. The predicted octanol–water partition coefficient (Wildman–Crippen LogP) is 5.70. The molecule has 2 N–H and O–H groups in total. The van der Waals surface area contributed by atoms with Gasteiger partial charge in [0.25, 0.3) is 0 Å². The molecule has 5 rings (SSSR count). The Bertz CT molecular complexity index is 1560. The number of nitrogens with zero attached hydrogens (tertiary/aromatic N) is 2. The highest BCUT2D eigenvalue weighted by Crippen LogP contribution is 2.35. The highest BCUT2D eigenvalue weighted by molar-refractivity contribution is 7.89. The topological polar surface area (TPSA) is 77.5 Å². The van der Waals surface area contributed by atoms with Gasteiger partial charge in [-0.15, -0.1) is 0 Å². The van der Waals surface area contributed by atoms with Crippen molar-refractivity contribution in [1.29, 1.82) is 0 Å². The zero-order valence-corrected chi connectivity index (χ0v) is 18.5. The molecule has 0 aliphatic rings. The summed E-state index contributed by atoms with van der Waals surface area (Å²) in [5, 5.41) is 6.28. The lowest BCUT2D eigenvalue weighted by molar-refractivity contribution is 0.598. The van der Waals surface area contributed by atoms with Gasteiger partial charge in [-0.2, -0.15) is 0 Å². The van der Waals surface area contributed by atoms with E-state index in [0.29, 0.717) is 5.69 Å². The van der Waals surface area contributed by atoms with Crippen molar-refractivity contribution >= 4 is 32.8 Å². The molecule has 0 unspecified atom stereocenters. The van der Waals surface area contributed by atoms with Crippen LogP contribution in [0.1, 0.15) is 5.56 Å². The van der Waals surface area contributed by atoms with Gasteiger partial charge in [-0.1, -0.05) is 66.7 Å². The van der Waals surface area contributed by atoms with E-state index in [9.17, 15) is 8.42 Å². The summed E-state index contributed by atoms with van der Waals surface area (Å²) >= 11 is 0. The molecule has 5 aromatic rings. The number of aromatic nitrogens is 1. The van der Waals surface area contributed by atoms with Crippen LogP contribution in [-0.2, 0) is 10.0 Å². The van der Waals surface area contributed by atoms with Crippen LogP contribution < -0.4 is 5.14 Å². The van der Waals surface area contributed by atoms with Crippen molar-refractivity contribution in [1.82, 2.24) is 4.57 Å². The predicted molar refractivity (Wildman–Crippen MR) is 134 cm³/mol. The molecule has 1 aromatic heterocycles. The molecule has 0 fully saturated rings. The second kappa shape index (κ2) is 8.50. The van der Waals surface area contributed by atoms with Crippen molar-refractivity contribution in [3.05, 3.63) is 115 Å². The van der Waals surface area contributed by atoms with E-state index in [1.165, 1.54) is 12.1 Å². The van der Waals surface area contributed by atoms with E-state index in [1.54, 1.807) is 12.1 Å².